The van der Waals surface area contributed by atoms with Gasteiger partial charge in [-0.2, -0.15) is 0 Å². The molecule has 12 nitrogen and oxygen atoms in total. The summed E-state index contributed by atoms with van der Waals surface area (Å²) in [5.41, 5.74) is 4.45. The van der Waals surface area contributed by atoms with Gasteiger partial charge in [-0.3, -0.25) is 31.1 Å². The minimum Gasteiger partial charge on any atom is -0.481 e. The number of carbonyl (C=O) groups excluding carboxylic acids is 2. The van der Waals surface area contributed by atoms with E-state index in [9.17, 15) is 14.4 Å². The first kappa shape index (κ1) is 51.0. The van der Waals surface area contributed by atoms with Crippen molar-refractivity contribution in [2.75, 3.05) is 52.9 Å². The molecule has 3 fully saturated rings. The molecule has 3 saturated heterocycles. The summed E-state index contributed by atoms with van der Waals surface area (Å²) >= 11 is 0. The lowest BCUT2D eigenvalue weighted by Gasteiger charge is -2.30. The second-order valence-corrected chi connectivity index (χ2v) is 9.81. The third-order valence-electron chi connectivity index (χ3n) is 7.04. The zero-order chi connectivity index (χ0) is 29.6. The highest BCUT2D eigenvalue weighted by Crippen LogP contribution is 2.17. The molecule has 3 aliphatic rings. The first-order valence-electron chi connectivity index (χ1n) is 14.2. The fourth-order valence-electron chi connectivity index (χ4n) is 4.79. The number of piperidine rings is 3. The molecular formula is C28H68B3N8O4. The van der Waals surface area contributed by atoms with E-state index in [1.165, 1.54) is 0 Å². The van der Waals surface area contributed by atoms with Crippen molar-refractivity contribution < 1.29 is 19.5 Å². The van der Waals surface area contributed by atoms with Gasteiger partial charge >= 0.3 is 5.97 Å². The number of amides is 2. The molecule has 15 heteroatoms. The van der Waals surface area contributed by atoms with Gasteiger partial charge in [-0.15, -0.1) is 0 Å². The molecule has 3 rings (SSSR count). The summed E-state index contributed by atoms with van der Waals surface area (Å²) in [6.07, 6.45) is 6.03. The van der Waals surface area contributed by atoms with Crippen molar-refractivity contribution in [2.24, 2.45) is 29.4 Å². The molecule has 3 atom stereocenters. The molecule has 253 valence electrons. The summed E-state index contributed by atoms with van der Waals surface area (Å²) in [7, 11) is 7.72. The van der Waals surface area contributed by atoms with Crippen molar-refractivity contribution in [1.82, 2.24) is 30.6 Å². The average Bonchev–Trinajstić information content (AvgIpc) is 2.98. The second kappa shape index (κ2) is 31.8. The Hall–Kier alpha value is -1.64. The Balaban J connectivity index is -0.000000154. The number of nitrogens with two attached hydrogens (primary N) is 2. The Morgan fingerprint density at radius 3 is 1.35 bits per heavy atom. The van der Waals surface area contributed by atoms with Gasteiger partial charge in [0.15, 0.2) is 0 Å². The van der Waals surface area contributed by atoms with Crippen LogP contribution >= 0.6 is 0 Å². The number of nitrogens with one attached hydrogen (secondary N) is 3. The largest absolute Gasteiger partial charge is 0.481 e. The zero-order valence-corrected chi connectivity index (χ0v) is 24.8. The van der Waals surface area contributed by atoms with E-state index in [1.54, 1.807) is 7.05 Å². The van der Waals surface area contributed by atoms with Crippen LogP contribution in [0, 0.1) is 17.8 Å². The minimum absolute atomic E-state index is 0. The lowest BCUT2D eigenvalue weighted by molar-refractivity contribution is -0.143. The summed E-state index contributed by atoms with van der Waals surface area (Å²) in [4.78, 5) is 39.7. The van der Waals surface area contributed by atoms with Gasteiger partial charge in [-0.25, -0.2) is 5.84 Å². The van der Waals surface area contributed by atoms with E-state index in [-0.39, 0.29) is 59.3 Å². The van der Waals surface area contributed by atoms with Crippen LogP contribution in [0.5, 0.6) is 0 Å². The Bertz CT molecular complexity index is 686. The molecule has 0 aliphatic carbocycles. The number of hydrogen-bond donors (Lipinski definition) is 6. The van der Waals surface area contributed by atoms with Crippen LogP contribution in [0.1, 0.15) is 75.2 Å². The van der Waals surface area contributed by atoms with Gasteiger partial charge in [0.2, 0.25) is 34.1 Å². The van der Waals surface area contributed by atoms with E-state index in [0.29, 0.717) is 6.54 Å². The van der Waals surface area contributed by atoms with Crippen molar-refractivity contribution in [3.63, 3.8) is 0 Å². The number of nitrogens with zero attached hydrogens (tertiary/aromatic N) is 3. The molecule has 0 aromatic rings. The summed E-state index contributed by atoms with van der Waals surface area (Å²) < 4.78 is 0. The average molecular weight is 613 g/mol. The topological polar surface area (TPSA) is 169 Å². The molecule has 8 N–H and O–H groups in total. The highest BCUT2D eigenvalue weighted by Gasteiger charge is 2.25. The molecular weight excluding hydrogens is 545 g/mol. The molecule has 3 heterocycles. The first-order valence-corrected chi connectivity index (χ1v) is 14.2. The summed E-state index contributed by atoms with van der Waals surface area (Å²) in [6, 6.07) is 0. The Kier molecular flexibility index (Phi) is 37.7. The highest BCUT2D eigenvalue weighted by molar-refractivity contribution is 6.30. The molecule has 0 aromatic carbocycles. The normalized spacial score (nSPS) is 21.4. The van der Waals surface area contributed by atoms with Crippen LogP contribution < -0.4 is 27.9 Å². The molecule has 0 saturated carbocycles. The summed E-state index contributed by atoms with van der Waals surface area (Å²) in [5.74, 6) is 9.29. The van der Waals surface area contributed by atoms with Gasteiger partial charge in [0.1, 0.15) is 0 Å². The summed E-state index contributed by atoms with van der Waals surface area (Å²) in [5, 5.41) is 11.6. The molecule has 2 amide bonds. The molecule has 3 radical (unpaired) electrons. The molecule has 0 bridgehead atoms. The van der Waals surface area contributed by atoms with Crippen molar-refractivity contribution in [3.8, 4) is 0 Å². The van der Waals surface area contributed by atoms with Crippen molar-refractivity contribution in [1.29, 1.82) is 0 Å². The Morgan fingerprint density at radius 1 is 0.721 bits per heavy atom. The standard InChI is InChI=1S/C9H18BN2O.C7H15BN3O.C7H13BNO2.CH6N2.4CH4/c1-3-11-9(13)8-5-4-6-12(7-8)10-2;1-8-11-4-2-3-6(5-11)7(12)10-9;1-8-9-4-2-3-6(5-9)7(10)11;1-3-2;;;;/h8H,3-7H2,1-2H3,(H,11,13);6H,2-5,9H2,1H3,(H,10,12);6H,2-5H2,1H3,(H,10,11);3H,2H2,1H3;4*1H4. The monoisotopic (exact) mass is 614 g/mol. The smallest absolute Gasteiger partial charge is 0.307 e. The van der Waals surface area contributed by atoms with Crippen molar-refractivity contribution in [3.05, 3.63) is 0 Å². The van der Waals surface area contributed by atoms with Crippen LogP contribution in [-0.4, -0.2) is 112 Å². The van der Waals surface area contributed by atoms with Crippen molar-refractivity contribution >= 4 is 40.0 Å². The van der Waals surface area contributed by atoms with Gasteiger partial charge < -0.3 is 24.9 Å². The third kappa shape index (κ3) is 22.5. The quantitative estimate of drug-likeness (QED) is 0.108. The first-order chi connectivity index (χ1) is 18.7. The zero-order valence-electron chi connectivity index (χ0n) is 24.8. The number of hydrazine groups is 2. The third-order valence-corrected chi connectivity index (χ3v) is 7.04. The number of rotatable bonds is 7. The lowest BCUT2D eigenvalue weighted by atomic mass is 9.87. The van der Waals surface area contributed by atoms with E-state index in [0.717, 1.165) is 77.8 Å². The number of carbonyl (C=O) groups is 3. The molecule has 0 aromatic heterocycles. The SMILES string of the molecule is C.C.C.C.CNN.C[B]N1CCCC(C(=O)NCC)C1.C[B]N1CCCC(C(=O)NN)C1.C[B]N1CCCC(C(=O)O)C1. The van der Waals surface area contributed by atoms with E-state index < -0.39 is 5.97 Å². The van der Waals surface area contributed by atoms with Crippen LogP contribution in [0.15, 0.2) is 0 Å². The van der Waals surface area contributed by atoms with E-state index in [1.807, 2.05) is 42.2 Å². The fourth-order valence-corrected chi connectivity index (χ4v) is 4.79. The lowest BCUT2D eigenvalue weighted by Crippen LogP contribution is -2.45. The molecule has 43 heavy (non-hydrogen) atoms. The van der Waals surface area contributed by atoms with Crippen molar-refractivity contribution in [2.45, 2.75) is 95.6 Å². The van der Waals surface area contributed by atoms with E-state index >= 15 is 0 Å². The summed E-state index contributed by atoms with van der Waals surface area (Å²) in [6.45, 7) is 14.2. The van der Waals surface area contributed by atoms with E-state index in [4.69, 9.17) is 10.9 Å². The van der Waals surface area contributed by atoms with Gasteiger partial charge in [-0.1, -0.05) is 50.2 Å². The number of carboxylic acid groups (broad SMARTS) is 1. The maximum absolute atomic E-state index is 11.5. The predicted octanol–water partition coefficient (Wildman–Crippen LogP) is 1.93. The second-order valence-electron chi connectivity index (χ2n) is 9.81. The number of carboxylic acids is 1. The van der Waals surface area contributed by atoms with Crippen LogP contribution in [0.4, 0.5) is 0 Å². The molecule has 3 aliphatic heterocycles. The number of hydrogen-bond acceptors (Lipinski definition) is 9. The van der Waals surface area contributed by atoms with Crippen LogP contribution in [-0.2, 0) is 14.4 Å². The Labute approximate surface area is 267 Å². The van der Waals surface area contributed by atoms with Gasteiger partial charge in [0.25, 0.3) is 0 Å². The minimum atomic E-state index is -0.656. The van der Waals surface area contributed by atoms with Gasteiger partial charge in [0, 0.05) is 19.0 Å². The fraction of sp³-hybridized carbons (Fsp3) is 0.893. The maximum atomic E-state index is 11.5. The van der Waals surface area contributed by atoms with Crippen LogP contribution in [0.2, 0.25) is 20.5 Å². The molecule has 3 unspecified atom stereocenters. The van der Waals surface area contributed by atoms with Crippen LogP contribution in [0.25, 0.3) is 0 Å². The Morgan fingerprint density at radius 2 is 1.05 bits per heavy atom. The number of aliphatic carboxylic acids is 1. The van der Waals surface area contributed by atoms with Gasteiger partial charge in [0.05, 0.1) is 11.8 Å². The van der Waals surface area contributed by atoms with Gasteiger partial charge in [-0.05, 0) is 85.2 Å². The molecule has 0 spiro atoms. The van der Waals surface area contributed by atoms with E-state index in [2.05, 4.69) is 43.9 Å². The predicted molar refractivity (Wildman–Crippen MR) is 187 cm³/mol. The van der Waals surface area contributed by atoms with Crippen LogP contribution in [0.3, 0.4) is 0 Å². The highest BCUT2D eigenvalue weighted by atomic mass is 16.4. The maximum Gasteiger partial charge on any atom is 0.307 e.